The number of carbonyl (C=O) groups is 1. The molecule has 0 unspecified atom stereocenters. The summed E-state index contributed by atoms with van der Waals surface area (Å²) in [6.07, 6.45) is 4.15. The van der Waals surface area contributed by atoms with Crippen molar-refractivity contribution >= 4 is 44.9 Å². The van der Waals surface area contributed by atoms with Crippen molar-refractivity contribution in [3.8, 4) is 11.5 Å². The molecule has 0 bridgehead atoms. The van der Waals surface area contributed by atoms with Crippen molar-refractivity contribution in [1.82, 2.24) is 24.9 Å². The fraction of sp³-hybridized carbons (Fsp3) is 0.417. The van der Waals surface area contributed by atoms with Gasteiger partial charge in [0.2, 0.25) is 12.7 Å². The number of amides is 1. The number of thiophene rings is 1. The topological polar surface area (TPSA) is 90.6 Å². The predicted molar refractivity (Wildman–Crippen MR) is 132 cm³/mol. The lowest BCUT2D eigenvalue weighted by Gasteiger charge is -2.17. The van der Waals surface area contributed by atoms with Gasteiger partial charge in [-0.05, 0) is 48.4 Å². The number of ether oxygens (including phenoxy) is 2. The van der Waals surface area contributed by atoms with E-state index < -0.39 is 0 Å². The molecule has 4 heterocycles. The summed E-state index contributed by atoms with van der Waals surface area (Å²) in [4.78, 5) is 20.1. The molecule has 1 aliphatic heterocycles. The molecule has 0 fully saturated rings. The molecule has 6 rings (SSSR count). The lowest BCUT2D eigenvalue weighted by atomic mass is 9.89. The van der Waals surface area contributed by atoms with Crippen LogP contribution in [0.5, 0.6) is 11.5 Å². The molecule has 34 heavy (non-hydrogen) atoms. The van der Waals surface area contributed by atoms with Crippen LogP contribution in [0.1, 0.15) is 42.1 Å². The Balaban J connectivity index is 1.21. The van der Waals surface area contributed by atoms with Crippen LogP contribution < -0.4 is 14.8 Å². The average Bonchev–Trinajstić information content (AvgIpc) is 3.56. The van der Waals surface area contributed by atoms with Crippen molar-refractivity contribution < 1.29 is 14.3 Å². The highest BCUT2D eigenvalue weighted by Gasteiger charge is 2.25. The highest BCUT2D eigenvalue weighted by Crippen LogP contribution is 2.39. The summed E-state index contributed by atoms with van der Waals surface area (Å²) < 4.78 is 12.8. The summed E-state index contributed by atoms with van der Waals surface area (Å²) in [6.45, 7) is 5.08. The molecule has 3 aromatic heterocycles. The smallest absolute Gasteiger partial charge is 0.231 e. The van der Waals surface area contributed by atoms with E-state index in [0.717, 1.165) is 52.3 Å². The van der Waals surface area contributed by atoms with Crippen molar-refractivity contribution in [1.29, 1.82) is 0 Å². The number of nitrogens with one attached hydrogen (secondary N) is 1. The van der Waals surface area contributed by atoms with Gasteiger partial charge >= 0.3 is 0 Å². The minimum atomic E-state index is -0.0617. The minimum Gasteiger partial charge on any atom is -0.454 e. The first-order chi connectivity index (χ1) is 16.6. The average molecular weight is 496 g/mol. The number of thioether (sulfide) groups is 1. The van der Waals surface area contributed by atoms with Crippen molar-refractivity contribution in [2.75, 3.05) is 12.5 Å². The molecule has 10 heteroatoms. The molecule has 176 valence electrons. The fourth-order valence-corrected chi connectivity index (χ4v) is 6.82. The zero-order valence-corrected chi connectivity index (χ0v) is 20.7. The second kappa shape index (κ2) is 8.74. The lowest BCUT2D eigenvalue weighted by molar-refractivity contribution is -0.118. The van der Waals surface area contributed by atoms with Gasteiger partial charge < -0.3 is 14.8 Å². The molecule has 1 atom stereocenters. The second-order valence-electron chi connectivity index (χ2n) is 8.81. The van der Waals surface area contributed by atoms with Gasteiger partial charge in [-0.25, -0.2) is 4.98 Å². The summed E-state index contributed by atoms with van der Waals surface area (Å²) in [7, 11) is 0. The molecule has 1 aliphatic carbocycles. The van der Waals surface area contributed by atoms with Crippen molar-refractivity contribution in [2.45, 2.75) is 51.2 Å². The monoisotopic (exact) mass is 495 g/mol. The second-order valence-corrected chi connectivity index (χ2v) is 10.8. The Morgan fingerprint density at radius 2 is 2.18 bits per heavy atom. The molecule has 0 saturated carbocycles. The quantitative estimate of drug-likeness (QED) is 0.402. The highest BCUT2D eigenvalue weighted by molar-refractivity contribution is 7.99. The van der Waals surface area contributed by atoms with Crippen molar-refractivity contribution in [2.24, 2.45) is 5.92 Å². The molecule has 0 saturated heterocycles. The number of hydrogen-bond donors (Lipinski definition) is 1. The van der Waals surface area contributed by atoms with Crippen LogP contribution in [0, 0.1) is 5.92 Å². The molecular formula is C24H25N5O3S2. The first-order valence-corrected chi connectivity index (χ1v) is 13.4. The van der Waals surface area contributed by atoms with Crippen LogP contribution in [-0.4, -0.2) is 38.0 Å². The summed E-state index contributed by atoms with van der Waals surface area (Å²) in [5, 5.41) is 13.9. The van der Waals surface area contributed by atoms with Gasteiger partial charge in [-0.3, -0.25) is 9.20 Å². The van der Waals surface area contributed by atoms with Gasteiger partial charge in [-0.2, -0.15) is 0 Å². The highest BCUT2D eigenvalue weighted by atomic mass is 32.2. The van der Waals surface area contributed by atoms with E-state index in [1.807, 2.05) is 33.9 Å². The van der Waals surface area contributed by atoms with Gasteiger partial charge in [-0.1, -0.05) is 31.7 Å². The number of fused-ring (bicyclic) bond motifs is 6. The van der Waals surface area contributed by atoms with Gasteiger partial charge in [-0.15, -0.1) is 21.5 Å². The number of aromatic nitrogens is 4. The van der Waals surface area contributed by atoms with E-state index in [1.165, 1.54) is 28.6 Å². The van der Waals surface area contributed by atoms with Crippen molar-refractivity contribution in [3.63, 3.8) is 0 Å². The SMILES string of the molecule is CCc1nc2sc3c(c2c2nnc(SCC(=O)NCc4ccc5c(c4)OCO5)n12)CC[C@@H](C)C3. The van der Waals surface area contributed by atoms with Crippen LogP contribution in [0.4, 0.5) is 0 Å². The third-order valence-corrected chi connectivity index (χ3v) is 8.49. The predicted octanol–water partition coefficient (Wildman–Crippen LogP) is 4.16. The third kappa shape index (κ3) is 3.78. The molecule has 8 nitrogen and oxygen atoms in total. The zero-order chi connectivity index (χ0) is 23.2. The first kappa shape index (κ1) is 21.7. The number of hydrogen-bond acceptors (Lipinski definition) is 8. The van der Waals surface area contributed by atoms with E-state index in [1.54, 1.807) is 0 Å². The lowest BCUT2D eigenvalue weighted by Crippen LogP contribution is -2.24. The Morgan fingerprint density at radius 1 is 1.29 bits per heavy atom. The third-order valence-electron chi connectivity index (χ3n) is 6.41. The number of carbonyl (C=O) groups excluding carboxylic acids is 1. The molecule has 0 radical (unpaired) electrons. The van der Waals surface area contributed by atoms with Crippen LogP contribution in [0.2, 0.25) is 0 Å². The first-order valence-electron chi connectivity index (χ1n) is 11.6. The van der Waals surface area contributed by atoms with E-state index in [9.17, 15) is 4.79 Å². The Bertz CT molecular complexity index is 1410. The van der Waals surface area contributed by atoms with E-state index >= 15 is 0 Å². The Labute approximate surface area is 205 Å². The van der Waals surface area contributed by atoms with Crippen LogP contribution in [-0.2, 0) is 30.6 Å². The Morgan fingerprint density at radius 3 is 3.06 bits per heavy atom. The van der Waals surface area contributed by atoms with Crippen LogP contribution in [0.25, 0.3) is 15.9 Å². The maximum Gasteiger partial charge on any atom is 0.231 e. The van der Waals surface area contributed by atoms with Gasteiger partial charge in [0.05, 0.1) is 11.1 Å². The van der Waals surface area contributed by atoms with Crippen LogP contribution in [0.15, 0.2) is 23.4 Å². The molecular weight excluding hydrogens is 470 g/mol. The maximum atomic E-state index is 12.6. The summed E-state index contributed by atoms with van der Waals surface area (Å²) >= 11 is 3.20. The van der Waals surface area contributed by atoms with E-state index in [2.05, 4.69) is 29.4 Å². The molecule has 4 aromatic rings. The molecule has 2 aliphatic rings. The normalized spacial score (nSPS) is 16.8. The van der Waals surface area contributed by atoms with Crippen LogP contribution in [0.3, 0.4) is 0 Å². The summed E-state index contributed by atoms with van der Waals surface area (Å²) in [6, 6.07) is 5.69. The Kier molecular flexibility index (Phi) is 5.57. The Hall–Kier alpha value is -2.85. The number of aryl methyl sites for hydroxylation is 2. The van der Waals surface area contributed by atoms with E-state index in [0.29, 0.717) is 23.4 Å². The number of benzene rings is 1. The van der Waals surface area contributed by atoms with E-state index in [-0.39, 0.29) is 18.5 Å². The minimum absolute atomic E-state index is 0.0617. The zero-order valence-electron chi connectivity index (χ0n) is 19.1. The van der Waals surface area contributed by atoms with Crippen molar-refractivity contribution in [3.05, 3.63) is 40.0 Å². The van der Waals surface area contributed by atoms with Gasteiger partial charge in [0.15, 0.2) is 22.3 Å². The molecule has 0 spiro atoms. The number of rotatable bonds is 6. The molecule has 1 N–H and O–H groups in total. The largest absolute Gasteiger partial charge is 0.454 e. The standard InChI is InChI=1S/C24H25N5O3S2/c1-3-19-26-23-21(15-6-4-13(2)8-18(15)34-23)22-27-28-24(29(19)22)33-11-20(30)25-10-14-5-7-16-17(9-14)32-12-31-16/h5,7,9,13H,3-4,6,8,10-12H2,1-2H3,(H,25,30)/t13-/m1/s1. The number of nitrogens with zero attached hydrogens (tertiary/aromatic N) is 4. The molecule has 1 aromatic carbocycles. The van der Waals surface area contributed by atoms with Gasteiger partial charge in [0.25, 0.3) is 0 Å². The van der Waals surface area contributed by atoms with Gasteiger partial charge in [0.1, 0.15) is 10.7 Å². The fourth-order valence-electron chi connectivity index (χ4n) is 4.64. The van der Waals surface area contributed by atoms with E-state index in [4.69, 9.17) is 14.5 Å². The molecule has 1 amide bonds. The summed E-state index contributed by atoms with van der Waals surface area (Å²) in [5.41, 5.74) is 3.23. The van der Waals surface area contributed by atoms with Crippen LogP contribution >= 0.6 is 23.1 Å². The van der Waals surface area contributed by atoms with Gasteiger partial charge in [0, 0.05) is 17.8 Å². The maximum absolute atomic E-state index is 12.6. The summed E-state index contributed by atoms with van der Waals surface area (Å²) in [5.74, 6) is 3.29.